The number of azide groups is 1. The highest BCUT2D eigenvalue weighted by Gasteiger charge is 2.53. The number of nitrogens with zero attached hydrogens (tertiary/aromatic N) is 4. The topological polar surface area (TPSA) is 160 Å². The zero-order valence-electron chi connectivity index (χ0n) is 36.5. The van der Waals surface area contributed by atoms with Crippen LogP contribution in [0.3, 0.4) is 0 Å². The third-order valence-electron chi connectivity index (χ3n) is 11.2. The molecule has 0 saturated carbocycles. The lowest BCUT2D eigenvalue weighted by molar-refractivity contribution is -0.300. The molecule has 320 valence electrons. The molecule has 1 saturated heterocycles. The van der Waals surface area contributed by atoms with Crippen LogP contribution in [-0.4, -0.2) is 109 Å². The van der Waals surface area contributed by atoms with E-state index in [-0.39, 0.29) is 17.5 Å². The summed E-state index contributed by atoms with van der Waals surface area (Å²) in [6.07, 6.45) is -3.71. The summed E-state index contributed by atoms with van der Waals surface area (Å²) >= 11 is 0. The van der Waals surface area contributed by atoms with E-state index < -0.39 is 68.4 Å². The molecule has 15 heteroatoms. The molecule has 0 N–H and O–H groups in total. The molecule has 58 heavy (non-hydrogen) atoms. The average molecular weight is 825 g/mol. The summed E-state index contributed by atoms with van der Waals surface area (Å²) in [6, 6.07) is 20.5. The highest BCUT2D eigenvalue weighted by molar-refractivity contribution is 6.99. The number of cyclic esters (lactones) is 1. The zero-order chi connectivity index (χ0) is 43.1. The van der Waals surface area contributed by atoms with E-state index in [1.54, 1.807) is 27.9 Å². The van der Waals surface area contributed by atoms with E-state index in [4.69, 9.17) is 37.6 Å². The molecule has 14 nitrogen and oxygen atoms in total. The van der Waals surface area contributed by atoms with Crippen LogP contribution in [0.5, 0.6) is 0 Å². The van der Waals surface area contributed by atoms with Crippen LogP contribution in [0.15, 0.2) is 77.1 Å². The number of carbonyl (C=O) groups excluding carboxylic acids is 2. The van der Waals surface area contributed by atoms with Crippen molar-refractivity contribution in [2.45, 2.75) is 122 Å². The van der Waals surface area contributed by atoms with Crippen molar-refractivity contribution in [3.8, 4) is 0 Å². The van der Waals surface area contributed by atoms with E-state index in [0.29, 0.717) is 30.8 Å². The number of esters is 1. The maximum atomic E-state index is 13.2. The first-order valence-electron chi connectivity index (χ1n) is 19.9. The van der Waals surface area contributed by atoms with Gasteiger partial charge in [-0.05, 0) is 67.6 Å². The van der Waals surface area contributed by atoms with Crippen LogP contribution in [0.2, 0.25) is 5.04 Å². The van der Waals surface area contributed by atoms with Crippen LogP contribution in [0, 0.1) is 11.8 Å². The fourth-order valence-corrected chi connectivity index (χ4v) is 13.1. The molecule has 8 atom stereocenters. The number of carbonyl (C=O) groups is 2. The second kappa shape index (κ2) is 19.4. The van der Waals surface area contributed by atoms with E-state index in [1.807, 2.05) is 45.0 Å². The van der Waals surface area contributed by atoms with Gasteiger partial charge in [0.15, 0.2) is 12.4 Å². The minimum absolute atomic E-state index is 0.0252. The molecule has 0 aromatic heterocycles. The minimum atomic E-state index is -2.88. The van der Waals surface area contributed by atoms with Gasteiger partial charge in [0.1, 0.15) is 5.76 Å². The predicted molar refractivity (Wildman–Crippen MR) is 223 cm³/mol. The number of ether oxygens (including phenoxy) is 7. The van der Waals surface area contributed by atoms with Gasteiger partial charge in [-0.3, -0.25) is 0 Å². The maximum absolute atomic E-state index is 13.2. The van der Waals surface area contributed by atoms with Crippen molar-refractivity contribution < 1.29 is 47.2 Å². The summed E-state index contributed by atoms with van der Waals surface area (Å²) in [5.41, 5.74) is 8.39. The molecule has 2 aliphatic heterocycles. The largest absolute Gasteiger partial charge is 0.508 e. The molecular weight excluding hydrogens is 761 g/mol. The van der Waals surface area contributed by atoms with E-state index in [9.17, 15) is 15.1 Å². The fourth-order valence-electron chi connectivity index (χ4n) is 8.43. The molecule has 0 radical (unpaired) electrons. The van der Waals surface area contributed by atoms with Crippen molar-refractivity contribution in [3.05, 3.63) is 82.4 Å². The van der Waals surface area contributed by atoms with Gasteiger partial charge in [0.05, 0.1) is 43.1 Å². The summed E-state index contributed by atoms with van der Waals surface area (Å²) in [7, 11) is 3.69. The molecular formula is C43H64N4O10Si. The molecule has 2 aromatic rings. The molecule has 0 unspecified atom stereocenters. The summed E-state index contributed by atoms with van der Waals surface area (Å²) in [5.74, 6) is -2.10. The van der Waals surface area contributed by atoms with E-state index in [2.05, 4.69) is 86.3 Å². The second-order valence-corrected chi connectivity index (χ2v) is 21.7. The Labute approximate surface area is 345 Å². The van der Waals surface area contributed by atoms with Gasteiger partial charge in [0.25, 0.3) is 8.32 Å². The first-order chi connectivity index (χ1) is 27.2. The van der Waals surface area contributed by atoms with Gasteiger partial charge in [-0.15, -0.1) is 0 Å². The monoisotopic (exact) mass is 824 g/mol. The Hall–Kier alpha value is -3.95. The Balaban J connectivity index is 1.80. The van der Waals surface area contributed by atoms with Crippen molar-refractivity contribution >= 4 is 30.8 Å². The van der Waals surface area contributed by atoms with Crippen LogP contribution < -0.4 is 10.4 Å². The Morgan fingerprint density at radius 3 is 2.10 bits per heavy atom. The third kappa shape index (κ3) is 10.6. The standard InChI is InChI=1S/C43H64N4O10Si/c1-28(27-52-58(41(4,5)6,32-20-16-14-17-21-32)33-22-18-15-19-23-33)25-43(9,51-13)37(29(2)35-30(3)38(48)57-42(7,8)56-35)55-39-36(54-40(49)50-12)34(47(10)11)24-31(53-39)26-45-46-44/h14-23,28-29,31,34,36-37,39H,24-27H2,1-13H3/t28-,29+,31+,34+,36-,37-,39+,43-/m1/s1. The Morgan fingerprint density at radius 1 is 1.02 bits per heavy atom. The molecule has 2 heterocycles. The zero-order valence-corrected chi connectivity index (χ0v) is 37.5. The van der Waals surface area contributed by atoms with Crippen LogP contribution in [0.1, 0.15) is 75.2 Å². The molecule has 2 aliphatic rings. The Kier molecular flexibility index (Phi) is 15.6. The van der Waals surface area contributed by atoms with E-state index in [1.165, 1.54) is 17.5 Å². The smallest absolute Gasteiger partial charge is 0.456 e. The molecule has 1 fully saturated rings. The van der Waals surface area contributed by atoms with E-state index >= 15 is 0 Å². The van der Waals surface area contributed by atoms with Crippen molar-refractivity contribution in [1.82, 2.24) is 4.90 Å². The van der Waals surface area contributed by atoms with Crippen LogP contribution in [0.4, 0.5) is 4.79 Å². The highest BCUT2D eigenvalue weighted by atomic mass is 28.4. The summed E-state index contributed by atoms with van der Waals surface area (Å²) in [5, 5.41) is 5.91. The molecule has 0 aliphatic carbocycles. The van der Waals surface area contributed by atoms with Gasteiger partial charge in [-0.1, -0.05) is 100 Å². The lowest BCUT2D eigenvalue weighted by atomic mass is 9.80. The number of likely N-dealkylation sites (N-methyl/N-ethyl adjacent to an activating group) is 1. The maximum Gasteiger partial charge on any atom is 0.508 e. The fraction of sp³-hybridized carbons (Fsp3) is 0.628. The number of methoxy groups -OCH3 is 2. The second-order valence-electron chi connectivity index (χ2n) is 17.4. The average Bonchev–Trinajstić information content (AvgIpc) is 3.17. The summed E-state index contributed by atoms with van der Waals surface area (Å²) < 4.78 is 50.1. The lowest BCUT2D eigenvalue weighted by Gasteiger charge is -2.48. The summed E-state index contributed by atoms with van der Waals surface area (Å²) in [6.45, 7) is 18.1. The first kappa shape index (κ1) is 46.7. The molecule has 2 aromatic carbocycles. The lowest BCUT2D eigenvalue weighted by Crippen LogP contribution is -2.67. The van der Waals surface area contributed by atoms with Crippen LogP contribution >= 0.6 is 0 Å². The Morgan fingerprint density at radius 2 is 1.60 bits per heavy atom. The van der Waals surface area contributed by atoms with Gasteiger partial charge < -0.3 is 42.5 Å². The molecule has 0 amide bonds. The van der Waals surface area contributed by atoms with Gasteiger partial charge in [-0.25, -0.2) is 9.59 Å². The Bertz CT molecular complexity index is 1730. The van der Waals surface area contributed by atoms with Crippen molar-refractivity contribution in [1.29, 1.82) is 0 Å². The molecule has 0 spiro atoms. The normalized spacial score (nSPS) is 23.7. The van der Waals surface area contributed by atoms with Gasteiger partial charge >= 0.3 is 12.1 Å². The number of rotatable bonds is 17. The quantitative estimate of drug-likeness (QED) is 0.0526. The first-order valence-corrected chi connectivity index (χ1v) is 21.8. The minimum Gasteiger partial charge on any atom is -0.456 e. The van der Waals surface area contributed by atoms with Gasteiger partial charge in [-0.2, -0.15) is 0 Å². The van der Waals surface area contributed by atoms with E-state index in [0.717, 1.165) is 0 Å². The van der Waals surface area contributed by atoms with Gasteiger partial charge in [0.2, 0.25) is 5.79 Å². The third-order valence-corrected chi connectivity index (χ3v) is 16.2. The van der Waals surface area contributed by atoms with Crippen molar-refractivity contribution in [2.75, 3.05) is 41.5 Å². The molecule has 4 rings (SSSR count). The van der Waals surface area contributed by atoms with Crippen LogP contribution in [-0.2, 0) is 42.4 Å². The predicted octanol–water partition coefficient (Wildman–Crippen LogP) is 7.11. The van der Waals surface area contributed by atoms with Crippen molar-refractivity contribution in [3.63, 3.8) is 0 Å². The highest BCUT2D eigenvalue weighted by Crippen LogP contribution is 2.42. The number of hydrogen-bond donors (Lipinski definition) is 0. The van der Waals surface area contributed by atoms with Gasteiger partial charge in [0, 0.05) is 38.4 Å². The molecule has 0 bridgehead atoms. The summed E-state index contributed by atoms with van der Waals surface area (Å²) in [4.78, 5) is 30.8. The van der Waals surface area contributed by atoms with Crippen molar-refractivity contribution in [2.24, 2.45) is 17.0 Å². The number of hydrogen-bond acceptors (Lipinski definition) is 12. The van der Waals surface area contributed by atoms with Crippen LogP contribution in [0.25, 0.3) is 10.4 Å². The SMILES string of the molecule is COC(=O)O[C@H]1[C@H](O[C@H]([C@@H](C)C2=C(C)C(=O)OC(C)(C)O2)[C@@](C)(C[C@@H](C)CO[Si](c2ccccc2)(c2ccccc2)C(C)(C)C)OC)O[C@H](CN=[N+]=[N-])C[C@@H]1N(C)C. The number of benzene rings is 2.